The maximum Gasteiger partial charge on any atom is 0.286 e. The summed E-state index contributed by atoms with van der Waals surface area (Å²) < 4.78 is 5.76. The van der Waals surface area contributed by atoms with Gasteiger partial charge in [0.2, 0.25) is 0 Å². The molecule has 28 heavy (non-hydrogen) atoms. The minimum atomic E-state index is -0.437. The SMILES string of the molecule is O=C1N=C(N2CCCCCC2)SC1=Cc1ccc(-c2ccccc2[N+](=O)[O-])o1. The lowest BCUT2D eigenvalue weighted by atomic mass is 10.1. The molecule has 4 rings (SSSR count). The number of para-hydroxylation sites is 1. The number of furan rings is 1. The molecule has 8 heteroatoms. The number of hydrogen-bond acceptors (Lipinski definition) is 6. The van der Waals surface area contributed by atoms with Crippen LogP contribution in [0.1, 0.15) is 31.4 Å². The Hall–Kier alpha value is -2.87. The van der Waals surface area contributed by atoms with Gasteiger partial charge < -0.3 is 9.32 Å². The van der Waals surface area contributed by atoms with Gasteiger partial charge in [-0.25, -0.2) is 0 Å². The Balaban J connectivity index is 1.53. The van der Waals surface area contributed by atoms with Crippen LogP contribution in [0.3, 0.4) is 0 Å². The molecule has 1 amide bonds. The van der Waals surface area contributed by atoms with Gasteiger partial charge in [0.05, 0.1) is 15.4 Å². The van der Waals surface area contributed by atoms with E-state index in [2.05, 4.69) is 9.89 Å². The number of carbonyl (C=O) groups is 1. The van der Waals surface area contributed by atoms with E-state index >= 15 is 0 Å². The van der Waals surface area contributed by atoms with Crippen LogP contribution in [-0.4, -0.2) is 34.0 Å². The van der Waals surface area contributed by atoms with Gasteiger partial charge in [0.15, 0.2) is 5.17 Å². The molecule has 1 fully saturated rings. The van der Waals surface area contributed by atoms with Crippen molar-refractivity contribution in [1.29, 1.82) is 0 Å². The molecule has 0 unspecified atom stereocenters. The summed E-state index contributed by atoms with van der Waals surface area (Å²) in [5.41, 5.74) is 0.387. The highest BCUT2D eigenvalue weighted by atomic mass is 32.2. The number of amidine groups is 1. The number of carbonyl (C=O) groups excluding carboxylic acids is 1. The summed E-state index contributed by atoms with van der Waals surface area (Å²) >= 11 is 1.36. The Morgan fingerprint density at radius 1 is 1.11 bits per heavy atom. The Labute approximate surface area is 166 Å². The van der Waals surface area contributed by atoms with Crippen LogP contribution in [0.25, 0.3) is 17.4 Å². The third-order valence-electron chi connectivity index (χ3n) is 4.75. The maximum atomic E-state index is 12.3. The van der Waals surface area contributed by atoms with Gasteiger partial charge in [0.1, 0.15) is 11.5 Å². The summed E-state index contributed by atoms with van der Waals surface area (Å²) in [6, 6.07) is 9.80. The van der Waals surface area contributed by atoms with Crippen molar-refractivity contribution >= 4 is 34.6 Å². The summed E-state index contributed by atoms with van der Waals surface area (Å²) in [6.07, 6.45) is 6.31. The zero-order chi connectivity index (χ0) is 19.5. The van der Waals surface area contributed by atoms with Crippen molar-refractivity contribution < 1.29 is 14.1 Å². The normalized spacial score (nSPS) is 19.0. The first-order valence-electron chi connectivity index (χ1n) is 9.23. The van der Waals surface area contributed by atoms with E-state index < -0.39 is 4.92 Å². The second kappa shape index (κ2) is 8.02. The molecule has 0 radical (unpaired) electrons. The molecular formula is C20H19N3O4S. The van der Waals surface area contributed by atoms with Gasteiger partial charge in [-0.3, -0.25) is 14.9 Å². The highest BCUT2D eigenvalue weighted by molar-refractivity contribution is 8.18. The molecule has 0 spiro atoms. The molecule has 144 valence electrons. The number of nitrogens with zero attached hydrogens (tertiary/aromatic N) is 3. The van der Waals surface area contributed by atoms with E-state index in [0.29, 0.717) is 22.0 Å². The molecule has 2 aliphatic rings. The van der Waals surface area contributed by atoms with Crippen molar-refractivity contribution in [2.24, 2.45) is 4.99 Å². The fourth-order valence-corrected chi connectivity index (χ4v) is 4.29. The molecule has 1 saturated heterocycles. The third kappa shape index (κ3) is 3.87. The van der Waals surface area contributed by atoms with Gasteiger partial charge in [-0.05, 0) is 42.8 Å². The fraction of sp³-hybridized carbons (Fsp3) is 0.300. The van der Waals surface area contributed by atoms with Crippen LogP contribution in [0.4, 0.5) is 5.69 Å². The summed E-state index contributed by atoms with van der Waals surface area (Å²) in [7, 11) is 0. The second-order valence-electron chi connectivity index (χ2n) is 6.69. The van der Waals surface area contributed by atoms with Gasteiger partial charge in [0.25, 0.3) is 11.6 Å². The Kier molecular flexibility index (Phi) is 5.29. The van der Waals surface area contributed by atoms with E-state index in [9.17, 15) is 14.9 Å². The number of amides is 1. The number of likely N-dealkylation sites (tertiary alicyclic amines) is 1. The minimum Gasteiger partial charge on any atom is -0.456 e. The third-order valence-corrected chi connectivity index (χ3v) is 5.80. The first-order chi connectivity index (χ1) is 13.6. The van der Waals surface area contributed by atoms with Gasteiger partial charge in [0, 0.05) is 25.2 Å². The number of thioether (sulfide) groups is 1. The number of aliphatic imine (C=N–C) groups is 1. The quantitative estimate of drug-likeness (QED) is 0.424. The molecule has 2 aromatic rings. The standard InChI is InChI=1S/C20H19N3O4S/c24-19-18(28-20(21-19)22-11-5-1-2-6-12-22)13-14-9-10-17(27-14)15-7-3-4-8-16(15)23(25)26/h3-4,7-10,13H,1-2,5-6,11-12H2. The van der Waals surface area contributed by atoms with E-state index in [1.54, 1.807) is 36.4 Å². The number of nitro groups is 1. The van der Waals surface area contributed by atoms with Crippen LogP contribution in [0, 0.1) is 10.1 Å². The maximum absolute atomic E-state index is 12.3. The van der Waals surface area contributed by atoms with Crippen LogP contribution in [-0.2, 0) is 4.79 Å². The summed E-state index contributed by atoms with van der Waals surface area (Å²) in [5, 5.41) is 12.0. The average molecular weight is 397 g/mol. The van der Waals surface area contributed by atoms with E-state index in [1.807, 2.05) is 0 Å². The lowest BCUT2D eigenvalue weighted by Gasteiger charge is -2.20. The Morgan fingerprint density at radius 3 is 2.61 bits per heavy atom. The van der Waals surface area contributed by atoms with Crippen molar-refractivity contribution in [3.8, 4) is 11.3 Å². The molecule has 1 aromatic heterocycles. The monoisotopic (exact) mass is 397 g/mol. The minimum absolute atomic E-state index is 0.0193. The molecule has 7 nitrogen and oxygen atoms in total. The number of rotatable bonds is 3. The zero-order valence-electron chi connectivity index (χ0n) is 15.2. The largest absolute Gasteiger partial charge is 0.456 e. The topological polar surface area (TPSA) is 89.0 Å². The van der Waals surface area contributed by atoms with Crippen molar-refractivity contribution in [1.82, 2.24) is 4.90 Å². The van der Waals surface area contributed by atoms with E-state index in [4.69, 9.17) is 4.42 Å². The van der Waals surface area contributed by atoms with Gasteiger partial charge in [-0.15, -0.1) is 0 Å². The fourth-order valence-electron chi connectivity index (χ4n) is 3.34. The van der Waals surface area contributed by atoms with Crippen LogP contribution in [0.5, 0.6) is 0 Å². The van der Waals surface area contributed by atoms with Crippen LogP contribution < -0.4 is 0 Å². The predicted octanol–water partition coefficient (Wildman–Crippen LogP) is 4.70. The lowest BCUT2D eigenvalue weighted by Crippen LogP contribution is -2.28. The highest BCUT2D eigenvalue weighted by Gasteiger charge is 2.27. The summed E-state index contributed by atoms with van der Waals surface area (Å²) in [5.74, 6) is 0.590. The molecule has 0 saturated carbocycles. The zero-order valence-corrected chi connectivity index (χ0v) is 16.0. The molecule has 3 heterocycles. The summed E-state index contributed by atoms with van der Waals surface area (Å²) in [4.78, 5) is 30.0. The van der Waals surface area contributed by atoms with Crippen LogP contribution >= 0.6 is 11.8 Å². The first-order valence-corrected chi connectivity index (χ1v) is 10.0. The molecule has 0 bridgehead atoms. The highest BCUT2D eigenvalue weighted by Crippen LogP contribution is 2.34. The summed E-state index contributed by atoms with van der Waals surface area (Å²) in [6.45, 7) is 1.85. The number of benzene rings is 1. The molecular weight excluding hydrogens is 378 g/mol. The molecule has 0 aliphatic carbocycles. The van der Waals surface area contributed by atoms with Gasteiger partial charge in [-0.2, -0.15) is 4.99 Å². The number of hydrogen-bond donors (Lipinski definition) is 0. The van der Waals surface area contributed by atoms with Crippen LogP contribution in [0.15, 0.2) is 50.7 Å². The molecule has 1 aromatic carbocycles. The van der Waals surface area contributed by atoms with Crippen molar-refractivity contribution in [2.45, 2.75) is 25.7 Å². The van der Waals surface area contributed by atoms with Crippen molar-refractivity contribution in [3.05, 3.63) is 57.2 Å². The van der Waals surface area contributed by atoms with E-state index in [1.165, 1.54) is 30.7 Å². The van der Waals surface area contributed by atoms with E-state index in [-0.39, 0.29) is 11.6 Å². The Bertz CT molecular complexity index is 971. The van der Waals surface area contributed by atoms with Gasteiger partial charge in [-0.1, -0.05) is 25.0 Å². The predicted molar refractivity (Wildman–Crippen MR) is 109 cm³/mol. The van der Waals surface area contributed by atoms with E-state index in [0.717, 1.165) is 31.1 Å². The van der Waals surface area contributed by atoms with Crippen molar-refractivity contribution in [2.75, 3.05) is 13.1 Å². The first kappa shape index (κ1) is 18.5. The molecule has 0 N–H and O–H groups in total. The van der Waals surface area contributed by atoms with Crippen LogP contribution in [0.2, 0.25) is 0 Å². The molecule has 2 aliphatic heterocycles. The van der Waals surface area contributed by atoms with Gasteiger partial charge >= 0.3 is 0 Å². The smallest absolute Gasteiger partial charge is 0.286 e. The second-order valence-corrected chi connectivity index (χ2v) is 7.70. The Morgan fingerprint density at radius 2 is 1.86 bits per heavy atom. The average Bonchev–Trinajstić information content (AvgIpc) is 3.19. The van der Waals surface area contributed by atoms with Crippen molar-refractivity contribution in [3.63, 3.8) is 0 Å². The number of nitro benzene ring substituents is 1. The molecule has 0 atom stereocenters. The lowest BCUT2D eigenvalue weighted by molar-refractivity contribution is -0.384.